The second-order valence-corrected chi connectivity index (χ2v) is 5.29. The van der Waals surface area contributed by atoms with E-state index in [-0.39, 0.29) is 0 Å². The van der Waals surface area contributed by atoms with Gasteiger partial charge in [-0.15, -0.1) is 0 Å². The molecule has 0 aliphatic carbocycles. The van der Waals surface area contributed by atoms with Crippen LogP contribution in [0.25, 0.3) is 0 Å². The van der Waals surface area contributed by atoms with Crippen LogP contribution < -0.4 is 0 Å². The van der Waals surface area contributed by atoms with Gasteiger partial charge in [0.05, 0.1) is 14.2 Å². The molecule has 12 heavy (non-hydrogen) atoms. The molecule has 0 bridgehead atoms. The van der Waals surface area contributed by atoms with Crippen molar-refractivity contribution in [1.29, 1.82) is 0 Å². The first-order valence-corrected chi connectivity index (χ1v) is 5.79. The second-order valence-electron chi connectivity index (χ2n) is 3.50. The molecule has 3 heteroatoms. The van der Waals surface area contributed by atoms with Gasteiger partial charge in [0.2, 0.25) is 0 Å². The van der Waals surface area contributed by atoms with E-state index in [1.54, 1.807) is 14.2 Å². The Morgan fingerprint density at radius 2 is 1.67 bits per heavy atom. The molecule has 1 unspecified atom stereocenters. The Morgan fingerprint density at radius 1 is 1.17 bits per heavy atom. The lowest BCUT2D eigenvalue weighted by Gasteiger charge is -2.10. The molecule has 0 fully saturated rings. The molecular formula is C9H20O2Si. The molecule has 0 saturated carbocycles. The van der Waals surface area contributed by atoms with E-state index in [0.717, 1.165) is 5.92 Å². The van der Waals surface area contributed by atoms with Crippen molar-refractivity contribution in [2.45, 2.75) is 27.2 Å². The van der Waals surface area contributed by atoms with Crippen LogP contribution in [0.3, 0.4) is 0 Å². The van der Waals surface area contributed by atoms with Gasteiger partial charge >= 0.3 is 8.90 Å². The normalized spacial score (nSPS) is 12.5. The molecule has 1 atom stereocenters. The third-order valence-electron chi connectivity index (χ3n) is 1.67. The van der Waals surface area contributed by atoms with Crippen LogP contribution in [0.1, 0.15) is 27.2 Å². The SMILES string of the molecule is CO[Si](=CC(C)CC(C)C)OC. The van der Waals surface area contributed by atoms with Crippen molar-refractivity contribution in [2.24, 2.45) is 11.8 Å². The minimum Gasteiger partial charge on any atom is -0.526 e. The molecule has 0 aromatic heterocycles. The van der Waals surface area contributed by atoms with Crippen LogP contribution in [0, 0.1) is 11.8 Å². The van der Waals surface area contributed by atoms with Gasteiger partial charge in [-0.2, -0.15) is 0 Å². The Morgan fingerprint density at radius 3 is 2.00 bits per heavy atom. The highest BCUT2D eigenvalue weighted by Gasteiger charge is 2.06. The van der Waals surface area contributed by atoms with Crippen molar-refractivity contribution in [2.75, 3.05) is 14.2 Å². The summed E-state index contributed by atoms with van der Waals surface area (Å²) in [6, 6.07) is 0. The fourth-order valence-corrected chi connectivity index (χ4v) is 2.30. The van der Waals surface area contributed by atoms with E-state index in [1.165, 1.54) is 6.42 Å². The van der Waals surface area contributed by atoms with Crippen molar-refractivity contribution in [1.82, 2.24) is 0 Å². The molecule has 0 radical (unpaired) electrons. The molecule has 0 aromatic rings. The Kier molecular flexibility index (Phi) is 6.07. The predicted octanol–water partition coefficient (Wildman–Crippen LogP) is 1.83. The van der Waals surface area contributed by atoms with Crippen LogP contribution >= 0.6 is 0 Å². The molecule has 0 spiro atoms. The quantitative estimate of drug-likeness (QED) is 0.613. The summed E-state index contributed by atoms with van der Waals surface area (Å²) in [6.07, 6.45) is 1.21. The van der Waals surface area contributed by atoms with E-state index in [1.807, 2.05) is 0 Å². The highest BCUT2D eigenvalue weighted by atomic mass is 28.3. The topological polar surface area (TPSA) is 18.5 Å². The Bertz CT molecular complexity index is 137. The molecule has 0 aromatic carbocycles. The monoisotopic (exact) mass is 188 g/mol. The first-order chi connectivity index (χ1) is 5.60. The van der Waals surface area contributed by atoms with Crippen LogP contribution in [-0.4, -0.2) is 28.8 Å². The van der Waals surface area contributed by atoms with Gasteiger partial charge in [0.1, 0.15) is 0 Å². The summed E-state index contributed by atoms with van der Waals surface area (Å²) in [5.74, 6) is 1.34. The van der Waals surface area contributed by atoms with E-state index in [0.29, 0.717) is 5.92 Å². The second kappa shape index (κ2) is 6.23. The van der Waals surface area contributed by atoms with Gasteiger partial charge in [0, 0.05) is 0 Å². The van der Waals surface area contributed by atoms with Crippen molar-refractivity contribution in [3.63, 3.8) is 0 Å². The van der Waals surface area contributed by atoms with Gasteiger partial charge in [-0.05, 0) is 23.9 Å². The molecule has 2 nitrogen and oxygen atoms in total. The largest absolute Gasteiger partial charge is 0.526 e. The number of hydrogen-bond acceptors (Lipinski definition) is 2. The zero-order chi connectivity index (χ0) is 9.56. The average Bonchev–Trinajstić information content (AvgIpc) is 1.98. The summed E-state index contributed by atoms with van der Waals surface area (Å²) in [4.78, 5) is 0. The molecule has 72 valence electrons. The van der Waals surface area contributed by atoms with Crippen molar-refractivity contribution < 1.29 is 8.85 Å². The first-order valence-electron chi connectivity index (χ1n) is 4.40. The summed E-state index contributed by atoms with van der Waals surface area (Å²) in [5, 5.41) is 0. The van der Waals surface area contributed by atoms with Crippen molar-refractivity contribution >= 4 is 14.6 Å². The lowest BCUT2D eigenvalue weighted by Crippen LogP contribution is -2.16. The molecule has 0 aliphatic heterocycles. The number of hydrogen-bond donors (Lipinski definition) is 0. The Balaban J connectivity index is 3.93. The van der Waals surface area contributed by atoms with Gasteiger partial charge < -0.3 is 8.85 Å². The summed E-state index contributed by atoms with van der Waals surface area (Å²) in [7, 11) is 2.32. The van der Waals surface area contributed by atoms with E-state index < -0.39 is 8.90 Å². The molecular weight excluding hydrogens is 168 g/mol. The smallest absolute Gasteiger partial charge is 0.475 e. The highest BCUT2D eigenvalue weighted by molar-refractivity contribution is 6.54. The van der Waals surface area contributed by atoms with Crippen LogP contribution in [0.5, 0.6) is 0 Å². The van der Waals surface area contributed by atoms with Gasteiger partial charge in [-0.3, -0.25) is 0 Å². The third-order valence-corrected chi connectivity index (χ3v) is 3.31. The summed E-state index contributed by atoms with van der Waals surface area (Å²) in [6.45, 7) is 6.68. The van der Waals surface area contributed by atoms with E-state index in [2.05, 4.69) is 26.4 Å². The van der Waals surface area contributed by atoms with Crippen LogP contribution in [-0.2, 0) is 8.85 Å². The molecule has 0 saturated heterocycles. The maximum atomic E-state index is 5.18. The lowest BCUT2D eigenvalue weighted by atomic mass is 10.0. The molecule has 0 rings (SSSR count). The highest BCUT2D eigenvalue weighted by Crippen LogP contribution is 2.08. The third kappa shape index (κ3) is 5.35. The van der Waals surface area contributed by atoms with Crippen molar-refractivity contribution in [3.05, 3.63) is 0 Å². The predicted molar refractivity (Wildman–Crippen MR) is 54.5 cm³/mol. The standard InChI is InChI=1S/C9H20O2Si/c1-8(2)6-9(3)7-12(10-4)11-5/h7-9H,6H2,1-5H3. The fourth-order valence-electron chi connectivity index (χ4n) is 1.26. The summed E-state index contributed by atoms with van der Waals surface area (Å²) < 4.78 is 10.4. The van der Waals surface area contributed by atoms with Gasteiger partial charge in [0.15, 0.2) is 0 Å². The van der Waals surface area contributed by atoms with E-state index in [4.69, 9.17) is 8.85 Å². The van der Waals surface area contributed by atoms with Crippen molar-refractivity contribution in [3.8, 4) is 0 Å². The van der Waals surface area contributed by atoms with E-state index in [9.17, 15) is 0 Å². The summed E-state index contributed by atoms with van der Waals surface area (Å²) >= 11 is 0. The Hall–Kier alpha value is -0.313. The molecule has 0 amide bonds. The van der Waals surface area contributed by atoms with Crippen LogP contribution in [0.4, 0.5) is 0 Å². The molecule has 0 aliphatic rings. The van der Waals surface area contributed by atoms with Gasteiger partial charge in [-0.1, -0.05) is 20.8 Å². The lowest BCUT2D eigenvalue weighted by molar-refractivity contribution is 0.302. The maximum Gasteiger partial charge on any atom is 0.475 e. The number of rotatable bonds is 5. The van der Waals surface area contributed by atoms with Gasteiger partial charge in [0.25, 0.3) is 0 Å². The fraction of sp³-hybridized carbons (Fsp3) is 0.889. The molecule has 0 N–H and O–H groups in total. The average molecular weight is 188 g/mol. The minimum atomic E-state index is -1.09. The zero-order valence-corrected chi connectivity index (χ0v) is 9.76. The van der Waals surface area contributed by atoms with E-state index >= 15 is 0 Å². The van der Waals surface area contributed by atoms with Gasteiger partial charge in [-0.25, -0.2) is 0 Å². The zero-order valence-electron chi connectivity index (χ0n) is 8.76. The van der Waals surface area contributed by atoms with Crippen LogP contribution in [0.15, 0.2) is 0 Å². The first kappa shape index (κ1) is 11.7. The van der Waals surface area contributed by atoms with Crippen LogP contribution in [0.2, 0.25) is 0 Å². The summed E-state index contributed by atoms with van der Waals surface area (Å²) in [5.41, 5.74) is 2.20. The Labute approximate surface area is 77.4 Å². The minimum absolute atomic E-state index is 0.596. The maximum absolute atomic E-state index is 5.18. The molecule has 0 heterocycles.